The molecule has 188 valence electrons. The molecule has 0 saturated carbocycles. The highest BCUT2D eigenvalue weighted by molar-refractivity contribution is 7.80. The van der Waals surface area contributed by atoms with Crippen LogP contribution in [0.5, 0.6) is 0 Å². The standard InChI is InChI=1S/C26H31Cl3N4OS/c27-21-7-9-22(10-8-21)31-26(35)33-16-4-15-32(17-18-33)14-3-1-2-13-30-25(34)12-6-20-5-11-23(28)24(29)19-20/h5-12,19H,1-4,13-18H2,(H,30,34)(H,31,35)/b12-6+. The summed E-state index contributed by atoms with van der Waals surface area (Å²) in [4.78, 5) is 16.8. The number of hydrogen-bond acceptors (Lipinski definition) is 3. The molecule has 1 fully saturated rings. The lowest BCUT2D eigenvalue weighted by Crippen LogP contribution is -2.38. The minimum Gasteiger partial charge on any atom is -0.353 e. The summed E-state index contributed by atoms with van der Waals surface area (Å²) in [5.41, 5.74) is 1.80. The maximum Gasteiger partial charge on any atom is 0.243 e. The predicted octanol–water partition coefficient (Wildman–Crippen LogP) is 6.35. The zero-order valence-corrected chi connectivity index (χ0v) is 22.7. The molecule has 9 heteroatoms. The number of anilines is 1. The molecule has 1 aliphatic rings. The Kier molecular flexibility index (Phi) is 11.6. The lowest BCUT2D eigenvalue weighted by atomic mass is 10.2. The molecule has 2 aromatic rings. The molecule has 2 N–H and O–H groups in total. The minimum absolute atomic E-state index is 0.105. The Bertz CT molecular complexity index is 1020. The van der Waals surface area contributed by atoms with Crippen LogP contribution in [0.4, 0.5) is 5.69 Å². The van der Waals surface area contributed by atoms with E-state index in [2.05, 4.69) is 20.4 Å². The van der Waals surface area contributed by atoms with Crippen molar-refractivity contribution in [3.8, 4) is 0 Å². The Labute approximate surface area is 228 Å². The molecule has 35 heavy (non-hydrogen) atoms. The molecule has 3 rings (SSSR count). The van der Waals surface area contributed by atoms with Crippen LogP contribution in [0.2, 0.25) is 15.1 Å². The van der Waals surface area contributed by atoms with Crippen molar-refractivity contribution in [1.82, 2.24) is 15.1 Å². The van der Waals surface area contributed by atoms with Crippen molar-refractivity contribution >= 4 is 69.8 Å². The van der Waals surface area contributed by atoms with Crippen LogP contribution in [0.1, 0.15) is 31.2 Å². The second-order valence-electron chi connectivity index (χ2n) is 8.48. The van der Waals surface area contributed by atoms with Gasteiger partial charge in [-0.2, -0.15) is 0 Å². The smallest absolute Gasteiger partial charge is 0.243 e. The van der Waals surface area contributed by atoms with Gasteiger partial charge in [0.25, 0.3) is 0 Å². The number of hydrogen-bond donors (Lipinski definition) is 2. The molecule has 0 bridgehead atoms. The number of nitrogens with one attached hydrogen (secondary N) is 2. The summed E-state index contributed by atoms with van der Waals surface area (Å²) in [5, 5.41) is 8.70. The molecule has 5 nitrogen and oxygen atoms in total. The fourth-order valence-corrected chi connectivity index (χ4v) is 4.56. The third-order valence-electron chi connectivity index (χ3n) is 5.79. The minimum atomic E-state index is -0.105. The maximum atomic E-state index is 12.0. The van der Waals surface area contributed by atoms with Gasteiger partial charge in [-0.05, 0) is 92.6 Å². The molecule has 0 aromatic heterocycles. The van der Waals surface area contributed by atoms with Crippen LogP contribution < -0.4 is 10.6 Å². The van der Waals surface area contributed by atoms with Crippen LogP contribution >= 0.6 is 47.0 Å². The van der Waals surface area contributed by atoms with Gasteiger partial charge < -0.3 is 20.4 Å². The van der Waals surface area contributed by atoms with Crippen LogP contribution in [-0.2, 0) is 4.79 Å². The van der Waals surface area contributed by atoms with Gasteiger partial charge in [-0.1, -0.05) is 47.3 Å². The zero-order chi connectivity index (χ0) is 25.0. The molecule has 1 amide bonds. The van der Waals surface area contributed by atoms with Gasteiger partial charge >= 0.3 is 0 Å². The van der Waals surface area contributed by atoms with Crippen molar-refractivity contribution in [3.05, 3.63) is 69.2 Å². The Balaban J connectivity index is 1.27. The number of unbranched alkanes of at least 4 members (excludes halogenated alkanes) is 2. The molecule has 2 aromatic carbocycles. The highest BCUT2D eigenvalue weighted by Gasteiger charge is 2.16. The van der Waals surface area contributed by atoms with Gasteiger partial charge in [-0.15, -0.1) is 0 Å². The summed E-state index contributed by atoms with van der Waals surface area (Å²) in [6.45, 7) is 5.69. The van der Waals surface area contributed by atoms with Crippen molar-refractivity contribution < 1.29 is 4.79 Å². The zero-order valence-electron chi connectivity index (χ0n) is 19.6. The summed E-state index contributed by atoms with van der Waals surface area (Å²) >= 11 is 23.5. The summed E-state index contributed by atoms with van der Waals surface area (Å²) in [6.07, 6.45) is 7.49. The first-order valence-electron chi connectivity index (χ1n) is 11.9. The van der Waals surface area contributed by atoms with Crippen molar-refractivity contribution in [1.29, 1.82) is 0 Å². The van der Waals surface area contributed by atoms with E-state index in [9.17, 15) is 4.79 Å². The van der Waals surface area contributed by atoms with Gasteiger partial charge in [0.05, 0.1) is 10.0 Å². The van der Waals surface area contributed by atoms with E-state index >= 15 is 0 Å². The van der Waals surface area contributed by atoms with E-state index in [0.717, 1.165) is 74.8 Å². The molecule has 0 atom stereocenters. The summed E-state index contributed by atoms with van der Waals surface area (Å²) in [5.74, 6) is -0.105. The van der Waals surface area contributed by atoms with Crippen molar-refractivity contribution in [2.45, 2.75) is 25.7 Å². The van der Waals surface area contributed by atoms with Crippen LogP contribution in [0.25, 0.3) is 6.08 Å². The Morgan fingerprint density at radius 2 is 1.74 bits per heavy atom. The van der Waals surface area contributed by atoms with Gasteiger partial charge in [-0.3, -0.25) is 4.79 Å². The Morgan fingerprint density at radius 1 is 0.943 bits per heavy atom. The lowest BCUT2D eigenvalue weighted by molar-refractivity contribution is -0.116. The Morgan fingerprint density at radius 3 is 2.51 bits per heavy atom. The topological polar surface area (TPSA) is 47.6 Å². The van der Waals surface area contributed by atoms with Crippen LogP contribution in [0, 0.1) is 0 Å². The van der Waals surface area contributed by atoms with Gasteiger partial charge in [0.15, 0.2) is 5.11 Å². The second-order valence-corrected chi connectivity index (χ2v) is 10.1. The van der Waals surface area contributed by atoms with Crippen molar-refractivity contribution in [2.24, 2.45) is 0 Å². The quantitative estimate of drug-likeness (QED) is 0.215. The third-order valence-corrected chi connectivity index (χ3v) is 7.14. The number of thiocarbonyl (C=S) groups is 1. The molecule has 0 unspecified atom stereocenters. The van der Waals surface area contributed by atoms with Crippen LogP contribution in [-0.4, -0.2) is 60.1 Å². The molecule has 1 saturated heterocycles. The number of carbonyl (C=O) groups excluding carboxylic acids is 1. The van der Waals surface area contributed by atoms with E-state index in [1.165, 1.54) is 6.08 Å². The summed E-state index contributed by atoms with van der Waals surface area (Å²) in [7, 11) is 0. The lowest BCUT2D eigenvalue weighted by Gasteiger charge is -2.24. The number of benzene rings is 2. The molecule has 1 aliphatic heterocycles. The summed E-state index contributed by atoms with van der Waals surface area (Å²) < 4.78 is 0. The van der Waals surface area contributed by atoms with E-state index in [1.54, 1.807) is 18.2 Å². The van der Waals surface area contributed by atoms with E-state index in [1.807, 2.05) is 30.3 Å². The maximum absolute atomic E-state index is 12.0. The third kappa shape index (κ3) is 9.98. The number of nitrogens with zero attached hydrogens (tertiary/aromatic N) is 2. The van der Waals surface area contributed by atoms with Gasteiger partial charge in [0.2, 0.25) is 5.91 Å². The average Bonchev–Trinajstić information content (AvgIpc) is 3.09. The molecule has 0 radical (unpaired) electrons. The molecular weight excluding hydrogens is 523 g/mol. The number of carbonyl (C=O) groups is 1. The van der Waals surface area contributed by atoms with Crippen molar-refractivity contribution in [3.63, 3.8) is 0 Å². The monoisotopic (exact) mass is 552 g/mol. The van der Waals surface area contributed by atoms with Gasteiger partial charge in [-0.25, -0.2) is 0 Å². The first-order valence-corrected chi connectivity index (χ1v) is 13.4. The highest BCUT2D eigenvalue weighted by atomic mass is 35.5. The Hall–Kier alpha value is -1.83. The molecule has 0 aliphatic carbocycles. The van der Waals surface area contributed by atoms with Crippen LogP contribution in [0.15, 0.2) is 48.5 Å². The molecule has 0 spiro atoms. The van der Waals surface area contributed by atoms with Crippen LogP contribution in [0.3, 0.4) is 0 Å². The predicted molar refractivity (Wildman–Crippen MR) is 153 cm³/mol. The first-order chi connectivity index (χ1) is 16.9. The fourth-order valence-electron chi connectivity index (χ4n) is 3.83. The van der Waals surface area contributed by atoms with Gasteiger partial charge in [0.1, 0.15) is 0 Å². The first kappa shape index (κ1) is 27.8. The van der Waals surface area contributed by atoms with E-state index in [4.69, 9.17) is 47.0 Å². The molecule has 1 heterocycles. The van der Waals surface area contributed by atoms with Gasteiger partial charge in [0, 0.05) is 43.0 Å². The summed E-state index contributed by atoms with van der Waals surface area (Å²) in [6, 6.07) is 12.9. The fraction of sp³-hybridized carbons (Fsp3) is 0.385. The largest absolute Gasteiger partial charge is 0.353 e. The average molecular weight is 554 g/mol. The highest BCUT2D eigenvalue weighted by Crippen LogP contribution is 2.23. The van der Waals surface area contributed by atoms with Crippen molar-refractivity contribution in [2.75, 3.05) is 44.6 Å². The SMILES string of the molecule is O=C(/C=C/c1ccc(Cl)c(Cl)c1)NCCCCCN1CCCN(C(=S)Nc2ccc(Cl)cc2)CC1. The van der Waals surface area contributed by atoms with E-state index in [0.29, 0.717) is 21.6 Å². The second kappa shape index (κ2) is 14.7. The number of halogens is 3. The van der Waals surface area contributed by atoms with E-state index in [-0.39, 0.29) is 5.91 Å². The number of rotatable bonds is 9. The molecular formula is C26H31Cl3N4OS. The normalized spacial score (nSPS) is 14.7. The van der Waals surface area contributed by atoms with E-state index < -0.39 is 0 Å². The number of amides is 1.